The van der Waals surface area contributed by atoms with Gasteiger partial charge in [0.1, 0.15) is 4.90 Å². The van der Waals surface area contributed by atoms with Gasteiger partial charge >= 0.3 is 0 Å². The maximum Gasteiger partial charge on any atom is 0.244 e. The minimum absolute atomic E-state index is 0.174. The molecule has 2 rings (SSSR count). The summed E-state index contributed by atoms with van der Waals surface area (Å²) in [4.78, 5) is 4.93. The highest BCUT2D eigenvalue weighted by molar-refractivity contribution is 7.89. The number of hydrogen-bond donors (Lipinski definition) is 2. The monoisotopic (exact) mass is 301 g/mol. The molecule has 7 nitrogen and oxygen atoms in total. The molecule has 9 heteroatoms. The Kier molecular flexibility index (Phi) is 4.64. The molecule has 0 aliphatic carbocycles. The fourth-order valence-corrected chi connectivity index (χ4v) is 3.00. The van der Waals surface area contributed by atoms with Gasteiger partial charge in [-0.2, -0.15) is 5.10 Å². The number of rotatable bonds is 7. The zero-order valence-corrected chi connectivity index (χ0v) is 12.0. The van der Waals surface area contributed by atoms with Crippen molar-refractivity contribution in [3.63, 3.8) is 0 Å². The maximum atomic E-state index is 12.0. The molecule has 0 saturated carbocycles. The molecule has 104 valence electrons. The summed E-state index contributed by atoms with van der Waals surface area (Å²) in [5, 5.41) is 6.99. The Morgan fingerprint density at radius 1 is 1.42 bits per heavy atom. The van der Waals surface area contributed by atoms with Crippen LogP contribution in [-0.4, -0.2) is 36.8 Å². The molecule has 2 N–H and O–H groups in total. The molecule has 0 aromatic carbocycles. The number of nitrogens with zero attached hydrogens (tertiary/aromatic N) is 3. The first-order valence-corrected chi connectivity index (χ1v) is 8.02. The molecule has 19 heavy (non-hydrogen) atoms. The second kappa shape index (κ2) is 6.24. The van der Waals surface area contributed by atoms with Crippen LogP contribution >= 0.6 is 11.3 Å². The van der Waals surface area contributed by atoms with E-state index in [-0.39, 0.29) is 11.4 Å². The minimum Gasteiger partial charge on any atom is -0.318 e. The van der Waals surface area contributed by atoms with E-state index in [1.165, 1.54) is 23.7 Å². The van der Waals surface area contributed by atoms with Crippen LogP contribution in [0, 0.1) is 0 Å². The Morgan fingerprint density at radius 3 is 2.95 bits per heavy atom. The molecule has 0 aliphatic rings. The smallest absolute Gasteiger partial charge is 0.244 e. The van der Waals surface area contributed by atoms with E-state index in [9.17, 15) is 8.42 Å². The van der Waals surface area contributed by atoms with Crippen LogP contribution in [0.1, 0.15) is 4.88 Å². The van der Waals surface area contributed by atoms with E-state index < -0.39 is 10.0 Å². The van der Waals surface area contributed by atoms with Gasteiger partial charge in [-0.05, 0) is 7.05 Å². The van der Waals surface area contributed by atoms with Gasteiger partial charge in [0.25, 0.3) is 0 Å². The second-order valence-electron chi connectivity index (χ2n) is 3.83. The Balaban J connectivity index is 2.00. The first kappa shape index (κ1) is 14.1. The molecular weight excluding hydrogens is 286 g/mol. The Bertz CT molecular complexity index is 606. The third-order valence-corrected chi connectivity index (χ3v) is 4.57. The van der Waals surface area contributed by atoms with Crippen LogP contribution in [0.5, 0.6) is 0 Å². The van der Waals surface area contributed by atoms with Crippen LogP contribution in [0.2, 0.25) is 0 Å². The van der Waals surface area contributed by atoms with E-state index in [2.05, 4.69) is 20.1 Å². The van der Waals surface area contributed by atoms with Crippen LogP contribution in [0.25, 0.3) is 0 Å². The molecule has 2 heterocycles. The van der Waals surface area contributed by atoms with Gasteiger partial charge in [-0.3, -0.25) is 9.67 Å². The van der Waals surface area contributed by atoms with Crippen molar-refractivity contribution in [2.75, 3.05) is 13.6 Å². The second-order valence-corrected chi connectivity index (χ2v) is 6.57. The van der Waals surface area contributed by atoms with Gasteiger partial charge in [-0.1, -0.05) is 0 Å². The molecule has 0 aliphatic heterocycles. The summed E-state index contributed by atoms with van der Waals surface area (Å²) in [5.74, 6) is 0. The summed E-state index contributed by atoms with van der Waals surface area (Å²) in [6.45, 7) is 1.60. The van der Waals surface area contributed by atoms with Gasteiger partial charge in [0, 0.05) is 30.4 Å². The predicted octanol–water partition coefficient (Wildman–Crippen LogP) is 0.0375. The first-order chi connectivity index (χ1) is 9.12. The lowest BCUT2D eigenvalue weighted by Gasteiger charge is -2.02. The number of nitrogens with one attached hydrogen (secondary N) is 2. The predicted molar refractivity (Wildman–Crippen MR) is 72.3 cm³/mol. The number of thiazole rings is 1. The lowest BCUT2D eigenvalue weighted by molar-refractivity contribution is 0.576. The normalized spacial score (nSPS) is 11.8. The van der Waals surface area contributed by atoms with Crippen molar-refractivity contribution in [2.24, 2.45) is 0 Å². The zero-order valence-electron chi connectivity index (χ0n) is 10.4. The van der Waals surface area contributed by atoms with E-state index in [4.69, 9.17) is 0 Å². The van der Waals surface area contributed by atoms with E-state index >= 15 is 0 Å². The largest absolute Gasteiger partial charge is 0.318 e. The lowest BCUT2D eigenvalue weighted by atomic mass is 10.6. The summed E-state index contributed by atoms with van der Waals surface area (Å²) in [6, 6.07) is 0. The summed E-state index contributed by atoms with van der Waals surface area (Å²) in [6.07, 6.45) is 4.51. The summed E-state index contributed by atoms with van der Waals surface area (Å²) in [5.41, 5.74) is 1.67. The van der Waals surface area contributed by atoms with E-state index in [1.54, 1.807) is 16.4 Å². The van der Waals surface area contributed by atoms with Crippen LogP contribution < -0.4 is 10.0 Å². The van der Waals surface area contributed by atoms with Crippen LogP contribution in [0.3, 0.4) is 0 Å². The number of aromatic nitrogens is 3. The van der Waals surface area contributed by atoms with Crippen molar-refractivity contribution in [3.8, 4) is 0 Å². The molecule has 0 saturated heterocycles. The fourth-order valence-electron chi connectivity index (χ4n) is 1.41. The molecule has 0 atom stereocenters. The highest BCUT2D eigenvalue weighted by atomic mass is 32.2. The van der Waals surface area contributed by atoms with E-state index in [0.717, 1.165) is 11.4 Å². The fraction of sp³-hybridized carbons (Fsp3) is 0.400. The van der Waals surface area contributed by atoms with Gasteiger partial charge in [-0.15, -0.1) is 11.3 Å². The number of likely N-dealkylation sites (N-methyl/N-ethyl adjacent to an activating group) is 1. The van der Waals surface area contributed by atoms with Crippen LogP contribution in [-0.2, 0) is 23.1 Å². The summed E-state index contributed by atoms with van der Waals surface area (Å²) < 4.78 is 28.2. The van der Waals surface area contributed by atoms with Gasteiger partial charge in [0.2, 0.25) is 10.0 Å². The van der Waals surface area contributed by atoms with Crippen molar-refractivity contribution < 1.29 is 8.42 Å². The average Bonchev–Trinajstić information content (AvgIpc) is 3.05. The quantitative estimate of drug-likeness (QED) is 0.753. The number of sulfonamides is 1. The third-order valence-electron chi connectivity index (χ3n) is 2.43. The van der Waals surface area contributed by atoms with Gasteiger partial charge in [0.05, 0.1) is 18.3 Å². The average molecular weight is 301 g/mol. The standard InChI is InChI=1S/C10H15N5O2S2/c1-11-2-3-15-7-10(6-13-15)19(16,17)14-5-9-4-12-8-18-9/h4,6-8,11,14H,2-3,5H2,1H3. The highest BCUT2D eigenvalue weighted by Crippen LogP contribution is 2.10. The highest BCUT2D eigenvalue weighted by Gasteiger charge is 2.16. The maximum absolute atomic E-state index is 12.0. The Labute approximate surface area is 115 Å². The first-order valence-electron chi connectivity index (χ1n) is 5.66. The molecule has 0 fully saturated rings. The molecule has 0 spiro atoms. The Morgan fingerprint density at radius 2 is 2.26 bits per heavy atom. The van der Waals surface area contributed by atoms with Crippen molar-refractivity contribution in [3.05, 3.63) is 29.0 Å². The van der Waals surface area contributed by atoms with Gasteiger partial charge in [-0.25, -0.2) is 13.1 Å². The summed E-state index contributed by atoms with van der Waals surface area (Å²) >= 11 is 1.41. The SMILES string of the molecule is CNCCn1cc(S(=O)(=O)NCc2cncs2)cn1. The molecule has 2 aromatic rings. The van der Waals surface area contributed by atoms with Crippen molar-refractivity contribution in [2.45, 2.75) is 18.0 Å². The number of hydrogen-bond acceptors (Lipinski definition) is 6. The van der Waals surface area contributed by atoms with Crippen molar-refractivity contribution >= 4 is 21.4 Å². The lowest BCUT2D eigenvalue weighted by Crippen LogP contribution is -2.22. The van der Waals surface area contributed by atoms with Crippen LogP contribution in [0.15, 0.2) is 29.0 Å². The van der Waals surface area contributed by atoms with Crippen LogP contribution in [0.4, 0.5) is 0 Å². The summed E-state index contributed by atoms with van der Waals surface area (Å²) in [7, 11) is -1.68. The van der Waals surface area contributed by atoms with Crippen molar-refractivity contribution in [1.29, 1.82) is 0 Å². The third kappa shape index (κ3) is 3.83. The molecule has 0 radical (unpaired) electrons. The molecule has 0 amide bonds. The van der Waals surface area contributed by atoms with E-state index in [0.29, 0.717) is 6.54 Å². The topological polar surface area (TPSA) is 88.9 Å². The minimum atomic E-state index is -3.52. The molecule has 0 unspecified atom stereocenters. The van der Waals surface area contributed by atoms with E-state index in [1.807, 2.05) is 7.05 Å². The Hall–Kier alpha value is -1.29. The van der Waals surface area contributed by atoms with Crippen molar-refractivity contribution in [1.82, 2.24) is 24.8 Å². The van der Waals surface area contributed by atoms with Gasteiger partial charge in [0.15, 0.2) is 0 Å². The zero-order chi connectivity index (χ0) is 13.7. The molecule has 2 aromatic heterocycles. The molecular formula is C10H15N5O2S2. The molecule has 0 bridgehead atoms. The van der Waals surface area contributed by atoms with Gasteiger partial charge < -0.3 is 5.32 Å².